The second-order valence-electron chi connectivity index (χ2n) is 6.91. The molecule has 0 radical (unpaired) electrons. The molecule has 4 rings (SSSR count). The van der Waals surface area contributed by atoms with Crippen molar-refractivity contribution < 1.29 is 9.53 Å². The summed E-state index contributed by atoms with van der Waals surface area (Å²) in [4.78, 5) is 17.1. The molecule has 0 N–H and O–H groups in total. The van der Waals surface area contributed by atoms with Crippen molar-refractivity contribution in [2.24, 2.45) is 0 Å². The lowest BCUT2D eigenvalue weighted by molar-refractivity contribution is -0.131. The first-order valence-electron chi connectivity index (χ1n) is 9.19. The molecule has 2 aromatic rings. The predicted molar refractivity (Wildman–Crippen MR) is 94.1 cm³/mol. The van der Waals surface area contributed by atoms with E-state index in [2.05, 4.69) is 15.2 Å². The molecule has 0 spiro atoms. The molecular weight excluding hydrogens is 318 g/mol. The van der Waals surface area contributed by atoms with Gasteiger partial charge in [-0.2, -0.15) is 0 Å². The molecule has 7 nitrogen and oxygen atoms in total. The summed E-state index contributed by atoms with van der Waals surface area (Å²) in [6.45, 7) is 5.70. The number of carbonyl (C=O) groups is 1. The van der Waals surface area contributed by atoms with E-state index in [-0.39, 0.29) is 12.5 Å². The van der Waals surface area contributed by atoms with Crippen LogP contribution in [-0.4, -0.2) is 76.1 Å². The third-order valence-electron chi connectivity index (χ3n) is 5.13. The molecule has 1 aromatic heterocycles. The summed E-state index contributed by atoms with van der Waals surface area (Å²) in [5.74, 6) is 0.120. The number of fused-ring (bicyclic) bond motifs is 1. The normalized spacial score (nSPS) is 22.4. The highest BCUT2D eigenvalue weighted by Crippen LogP contribution is 2.15. The summed E-state index contributed by atoms with van der Waals surface area (Å²) in [7, 11) is 0. The first-order chi connectivity index (χ1) is 12.3. The van der Waals surface area contributed by atoms with Crippen molar-refractivity contribution in [1.29, 1.82) is 0 Å². The Labute approximate surface area is 147 Å². The van der Waals surface area contributed by atoms with Gasteiger partial charge in [-0.15, -0.1) is 5.10 Å². The van der Waals surface area contributed by atoms with Crippen LogP contribution in [0.3, 0.4) is 0 Å². The third-order valence-corrected chi connectivity index (χ3v) is 5.13. The summed E-state index contributed by atoms with van der Waals surface area (Å²) in [5, 5.41) is 8.25. The van der Waals surface area contributed by atoms with E-state index in [1.807, 2.05) is 29.2 Å². The zero-order valence-electron chi connectivity index (χ0n) is 14.5. The lowest BCUT2D eigenvalue weighted by atomic mass is 10.2. The molecule has 0 saturated carbocycles. The summed E-state index contributed by atoms with van der Waals surface area (Å²) >= 11 is 0. The van der Waals surface area contributed by atoms with Crippen molar-refractivity contribution in [3.8, 4) is 0 Å². The molecule has 2 fully saturated rings. The summed E-state index contributed by atoms with van der Waals surface area (Å²) in [6.07, 6.45) is 3.73. The SMILES string of the molecule is O=C(Cn1nnc2ccccc21)N1CCCN(C[C@@H]2CCCO2)CC1. The van der Waals surface area contributed by atoms with E-state index in [9.17, 15) is 4.79 Å². The summed E-state index contributed by atoms with van der Waals surface area (Å²) in [5.41, 5.74) is 1.74. The van der Waals surface area contributed by atoms with E-state index >= 15 is 0 Å². The topological polar surface area (TPSA) is 63.5 Å². The van der Waals surface area contributed by atoms with Gasteiger partial charge in [-0.05, 0) is 37.9 Å². The van der Waals surface area contributed by atoms with Crippen molar-refractivity contribution in [1.82, 2.24) is 24.8 Å². The van der Waals surface area contributed by atoms with Crippen LogP contribution in [0.2, 0.25) is 0 Å². The summed E-state index contributed by atoms with van der Waals surface area (Å²) in [6, 6.07) is 7.74. The van der Waals surface area contributed by atoms with Crippen LogP contribution >= 0.6 is 0 Å². The molecule has 3 heterocycles. The number of para-hydroxylation sites is 1. The zero-order valence-corrected chi connectivity index (χ0v) is 14.5. The number of hydrogen-bond donors (Lipinski definition) is 0. The first kappa shape index (κ1) is 16.5. The van der Waals surface area contributed by atoms with E-state index < -0.39 is 0 Å². The van der Waals surface area contributed by atoms with Crippen molar-refractivity contribution in [2.75, 3.05) is 39.3 Å². The van der Waals surface area contributed by atoms with E-state index in [0.29, 0.717) is 6.10 Å². The molecule has 2 aliphatic rings. The molecule has 0 bridgehead atoms. The minimum Gasteiger partial charge on any atom is -0.377 e. The fraction of sp³-hybridized carbons (Fsp3) is 0.611. The lowest BCUT2D eigenvalue weighted by Crippen LogP contribution is -2.38. The van der Waals surface area contributed by atoms with Crippen LogP contribution in [0.5, 0.6) is 0 Å². The monoisotopic (exact) mass is 343 g/mol. The second-order valence-corrected chi connectivity index (χ2v) is 6.91. The predicted octanol–water partition coefficient (Wildman–Crippen LogP) is 1.14. The van der Waals surface area contributed by atoms with Crippen LogP contribution in [-0.2, 0) is 16.1 Å². The maximum atomic E-state index is 12.7. The number of carbonyl (C=O) groups excluding carboxylic acids is 1. The largest absolute Gasteiger partial charge is 0.377 e. The number of rotatable bonds is 4. The molecule has 1 aromatic carbocycles. The highest BCUT2D eigenvalue weighted by Gasteiger charge is 2.23. The van der Waals surface area contributed by atoms with Crippen LogP contribution in [0.4, 0.5) is 0 Å². The average Bonchev–Trinajstić information content (AvgIpc) is 3.21. The summed E-state index contributed by atoms with van der Waals surface area (Å²) < 4.78 is 7.44. The molecule has 0 aliphatic carbocycles. The Bertz CT molecular complexity index is 725. The van der Waals surface area contributed by atoms with Crippen molar-refractivity contribution in [3.63, 3.8) is 0 Å². The number of ether oxygens (including phenoxy) is 1. The van der Waals surface area contributed by atoms with Crippen molar-refractivity contribution >= 4 is 16.9 Å². The fourth-order valence-electron chi connectivity index (χ4n) is 3.74. The minimum atomic E-state index is 0.120. The van der Waals surface area contributed by atoms with Gasteiger partial charge in [-0.3, -0.25) is 9.69 Å². The van der Waals surface area contributed by atoms with Gasteiger partial charge in [0.2, 0.25) is 5.91 Å². The standard InChI is InChI=1S/C18H25N5O2/c24-18(14-23-17-7-2-1-6-16(17)19-20-23)22-9-4-8-21(10-11-22)13-15-5-3-12-25-15/h1-2,6-7,15H,3-5,8-14H2/t15-/m0/s1. The van der Waals surface area contributed by atoms with E-state index in [4.69, 9.17) is 4.74 Å². The van der Waals surface area contributed by atoms with Gasteiger partial charge in [0.15, 0.2) is 0 Å². The molecule has 2 aliphatic heterocycles. The molecular formula is C18H25N5O2. The van der Waals surface area contributed by atoms with E-state index in [1.54, 1.807) is 4.68 Å². The fourth-order valence-corrected chi connectivity index (χ4v) is 3.74. The lowest BCUT2D eigenvalue weighted by Gasteiger charge is -2.24. The number of amides is 1. The molecule has 1 atom stereocenters. The Balaban J connectivity index is 1.34. The van der Waals surface area contributed by atoms with E-state index in [1.165, 1.54) is 12.8 Å². The van der Waals surface area contributed by atoms with E-state index in [0.717, 1.165) is 56.8 Å². The van der Waals surface area contributed by atoms with Crippen molar-refractivity contribution in [3.05, 3.63) is 24.3 Å². The van der Waals surface area contributed by atoms with Gasteiger partial charge in [0.25, 0.3) is 0 Å². The molecule has 7 heteroatoms. The van der Waals surface area contributed by atoms with Gasteiger partial charge in [-0.1, -0.05) is 17.3 Å². The quantitative estimate of drug-likeness (QED) is 0.833. The Morgan fingerprint density at radius 2 is 2.08 bits per heavy atom. The molecule has 25 heavy (non-hydrogen) atoms. The first-order valence-corrected chi connectivity index (χ1v) is 9.19. The van der Waals surface area contributed by atoms with Crippen LogP contribution in [0.1, 0.15) is 19.3 Å². The Kier molecular flexibility index (Phi) is 4.94. The van der Waals surface area contributed by atoms with Gasteiger partial charge in [-0.25, -0.2) is 4.68 Å². The molecule has 134 valence electrons. The third kappa shape index (κ3) is 3.82. The van der Waals surface area contributed by atoms with Gasteiger partial charge in [0, 0.05) is 32.8 Å². The highest BCUT2D eigenvalue weighted by atomic mass is 16.5. The number of hydrogen-bond acceptors (Lipinski definition) is 5. The molecule has 0 unspecified atom stereocenters. The number of aromatic nitrogens is 3. The highest BCUT2D eigenvalue weighted by molar-refractivity contribution is 5.79. The van der Waals surface area contributed by atoms with Gasteiger partial charge < -0.3 is 9.64 Å². The number of nitrogens with zero attached hydrogens (tertiary/aromatic N) is 5. The number of benzene rings is 1. The molecule has 2 saturated heterocycles. The van der Waals surface area contributed by atoms with Crippen LogP contribution in [0.25, 0.3) is 11.0 Å². The van der Waals surface area contributed by atoms with Crippen LogP contribution in [0.15, 0.2) is 24.3 Å². The van der Waals surface area contributed by atoms with Crippen LogP contribution in [0, 0.1) is 0 Å². The minimum absolute atomic E-state index is 0.120. The smallest absolute Gasteiger partial charge is 0.244 e. The Morgan fingerprint density at radius 3 is 2.96 bits per heavy atom. The Morgan fingerprint density at radius 1 is 1.16 bits per heavy atom. The van der Waals surface area contributed by atoms with Gasteiger partial charge in [0.1, 0.15) is 12.1 Å². The Hall–Kier alpha value is -1.99. The van der Waals surface area contributed by atoms with Crippen LogP contribution < -0.4 is 0 Å². The maximum absolute atomic E-state index is 12.7. The van der Waals surface area contributed by atoms with Crippen molar-refractivity contribution in [2.45, 2.75) is 31.9 Å². The second kappa shape index (κ2) is 7.49. The maximum Gasteiger partial charge on any atom is 0.244 e. The molecule has 1 amide bonds. The zero-order chi connectivity index (χ0) is 17.1. The van der Waals surface area contributed by atoms with Gasteiger partial charge >= 0.3 is 0 Å². The van der Waals surface area contributed by atoms with Gasteiger partial charge in [0.05, 0.1) is 11.6 Å². The average molecular weight is 343 g/mol.